The number of amides is 1. The van der Waals surface area contributed by atoms with Crippen LogP contribution in [0, 0.1) is 19.3 Å². The average Bonchev–Trinajstić information content (AvgIpc) is 3.66. The molecule has 4 aromatic rings. The van der Waals surface area contributed by atoms with E-state index in [0.717, 1.165) is 31.0 Å². The molecule has 204 valence electrons. The monoisotopic (exact) mass is 541 g/mol. The van der Waals surface area contributed by atoms with Crippen LogP contribution in [0.5, 0.6) is 0 Å². The van der Waals surface area contributed by atoms with Crippen molar-refractivity contribution in [3.63, 3.8) is 0 Å². The number of anilines is 1. The van der Waals surface area contributed by atoms with Crippen LogP contribution < -0.4 is 5.32 Å². The highest BCUT2D eigenvalue weighted by Crippen LogP contribution is 2.46. The summed E-state index contributed by atoms with van der Waals surface area (Å²) in [5, 5.41) is 17.0. The molecule has 1 amide bonds. The van der Waals surface area contributed by atoms with Gasteiger partial charge in [0.1, 0.15) is 17.0 Å². The standard InChI is InChI=1S/C26H26F3N7O3/c1-13-20(14(2)39-35-13)19-4-3-16-17(10-30-22(16)33-19)21-18(26(27,28)29)11-31-23(34-21)32-15-5-6-25(9-15)7-8-36(12-25)24(37)38/h3-4,10-11,15H,5-9,12H2,1-2H3,(H,30,33)(H,37,38)(H,31,32,34). The number of carboxylic acid groups (broad SMARTS) is 1. The van der Waals surface area contributed by atoms with E-state index in [1.54, 1.807) is 26.0 Å². The number of alkyl halides is 3. The predicted molar refractivity (Wildman–Crippen MR) is 135 cm³/mol. The molecule has 0 radical (unpaired) electrons. The van der Waals surface area contributed by atoms with Gasteiger partial charge in [-0.05, 0) is 57.1 Å². The van der Waals surface area contributed by atoms with Gasteiger partial charge in [0.25, 0.3) is 0 Å². The Morgan fingerprint density at radius 3 is 2.77 bits per heavy atom. The van der Waals surface area contributed by atoms with Gasteiger partial charge in [-0.2, -0.15) is 13.2 Å². The van der Waals surface area contributed by atoms with Crippen molar-refractivity contribution >= 4 is 23.1 Å². The lowest BCUT2D eigenvalue weighted by atomic mass is 9.85. The first kappa shape index (κ1) is 25.1. The van der Waals surface area contributed by atoms with E-state index in [-0.39, 0.29) is 28.7 Å². The fraction of sp³-hybridized carbons (Fsp3) is 0.423. The van der Waals surface area contributed by atoms with Crippen LogP contribution in [0.4, 0.5) is 23.9 Å². The second kappa shape index (κ2) is 8.95. The van der Waals surface area contributed by atoms with Crippen LogP contribution in [-0.2, 0) is 6.18 Å². The van der Waals surface area contributed by atoms with Gasteiger partial charge in [-0.3, -0.25) is 0 Å². The summed E-state index contributed by atoms with van der Waals surface area (Å²) < 4.78 is 47.3. The molecule has 13 heteroatoms. The second-order valence-corrected chi connectivity index (χ2v) is 10.5. The molecule has 2 unspecified atom stereocenters. The van der Waals surface area contributed by atoms with E-state index in [9.17, 15) is 23.1 Å². The Balaban J connectivity index is 1.31. The maximum absolute atomic E-state index is 14.0. The Morgan fingerprint density at radius 1 is 1.26 bits per heavy atom. The number of hydrogen-bond donors (Lipinski definition) is 3. The maximum atomic E-state index is 14.0. The molecule has 1 aliphatic carbocycles. The zero-order valence-corrected chi connectivity index (χ0v) is 21.3. The molecule has 1 aliphatic heterocycles. The van der Waals surface area contributed by atoms with Gasteiger partial charge >= 0.3 is 12.3 Å². The highest BCUT2D eigenvalue weighted by Gasteiger charge is 2.45. The van der Waals surface area contributed by atoms with Gasteiger partial charge in [-0.1, -0.05) is 5.16 Å². The number of likely N-dealkylation sites (tertiary alicyclic amines) is 1. The molecule has 1 saturated carbocycles. The number of hydrogen-bond acceptors (Lipinski definition) is 7. The number of H-pyrrole nitrogens is 1. The molecular formula is C26H26F3N7O3. The molecule has 3 N–H and O–H groups in total. The number of aromatic nitrogens is 5. The third-order valence-electron chi connectivity index (χ3n) is 7.92. The molecule has 6 rings (SSSR count). The number of nitrogens with zero attached hydrogens (tertiary/aromatic N) is 5. The Hall–Kier alpha value is -4.16. The molecule has 2 fully saturated rings. The second-order valence-electron chi connectivity index (χ2n) is 10.5. The number of rotatable bonds is 4. The van der Waals surface area contributed by atoms with Gasteiger partial charge in [0.05, 0.1) is 22.6 Å². The summed E-state index contributed by atoms with van der Waals surface area (Å²) in [4.78, 5) is 28.7. The molecular weight excluding hydrogens is 515 g/mol. The molecule has 10 nitrogen and oxygen atoms in total. The summed E-state index contributed by atoms with van der Waals surface area (Å²) in [5.74, 6) is 0.696. The summed E-state index contributed by atoms with van der Waals surface area (Å²) in [5.41, 5.74) is 1.36. The third kappa shape index (κ3) is 4.45. The van der Waals surface area contributed by atoms with E-state index in [1.807, 2.05) is 0 Å². The van der Waals surface area contributed by atoms with Crippen LogP contribution in [0.15, 0.2) is 29.0 Å². The van der Waals surface area contributed by atoms with Crippen molar-refractivity contribution in [3.05, 3.63) is 41.5 Å². The Kier molecular flexibility index (Phi) is 5.77. The smallest absolute Gasteiger partial charge is 0.419 e. The fourth-order valence-electron chi connectivity index (χ4n) is 6.03. The van der Waals surface area contributed by atoms with Crippen LogP contribution in [0.3, 0.4) is 0 Å². The van der Waals surface area contributed by atoms with Crippen molar-refractivity contribution in [1.29, 1.82) is 0 Å². The minimum absolute atomic E-state index is 0.0643. The third-order valence-corrected chi connectivity index (χ3v) is 7.92. The Bertz CT molecular complexity index is 1560. The summed E-state index contributed by atoms with van der Waals surface area (Å²) in [6.07, 6.45) is -0.235. The zero-order valence-electron chi connectivity index (χ0n) is 21.3. The lowest BCUT2D eigenvalue weighted by Crippen LogP contribution is -2.30. The van der Waals surface area contributed by atoms with E-state index < -0.39 is 17.8 Å². The number of fused-ring (bicyclic) bond motifs is 1. The van der Waals surface area contributed by atoms with E-state index in [0.29, 0.717) is 47.7 Å². The van der Waals surface area contributed by atoms with Crippen LogP contribution in [0.1, 0.15) is 42.7 Å². The molecule has 1 saturated heterocycles. The molecule has 0 bridgehead atoms. The molecule has 39 heavy (non-hydrogen) atoms. The number of carbonyl (C=O) groups is 1. The average molecular weight is 542 g/mol. The quantitative estimate of drug-likeness (QED) is 0.302. The minimum Gasteiger partial charge on any atom is -0.465 e. The van der Waals surface area contributed by atoms with Gasteiger partial charge in [0.2, 0.25) is 5.95 Å². The maximum Gasteiger partial charge on any atom is 0.419 e. The first-order chi connectivity index (χ1) is 18.5. The zero-order chi connectivity index (χ0) is 27.5. The molecule has 1 spiro atoms. The van der Waals surface area contributed by atoms with Crippen molar-refractivity contribution < 1.29 is 27.6 Å². The van der Waals surface area contributed by atoms with Gasteiger partial charge < -0.3 is 24.8 Å². The van der Waals surface area contributed by atoms with Crippen LogP contribution in [0.2, 0.25) is 0 Å². The summed E-state index contributed by atoms with van der Waals surface area (Å²) in [7, 11) is 0. The van der Waals surface area contributed by atoms with Gasteiger partial charge in [0.15, 0.2) is 0 Å². The predicted octanol–water partition coefficient (Wildman–Crippen LogP) is 5.65. The first-order valence-corrected chi connectivity index (χ1v) is 12.6. The summed E-state index contributed by atoms with van der Waals surface area (Å²) in [6.45, 7) is 4.53. The Morgan fingerprint density at radius 2 is 2.08 bits per heavy atom. The number of halogens is 3. The summed E-state index contributed by atoms with van der Waals surface area (Å²) >= 11 is 0. The molecule has 2 atom stereocenters. The van der Waals surface area contributed by atoms with Gasteiger partial charge in [-0.15, -0.1) is 0 Å². The van der Waals surface area contributed by atoms with Gasteiger partial charge in [0, 0.05) is 42.5 Å². The largest absolute Gasteiger partial charge is 0.465 e. The molecule has 4 aromatic heterocycles. The van der Waals surface area contributed by atoms with Crippen molar-refractivity contribution in [2.75, 3.05) is 18.4 Å². The molecule has 2 aliphatic rings. The highest BCUT2D eigenvalue weighted by atomic mass is 19.4. The van der Waals surface area contributed by atoms with Crippen molar-refractivity contribution in [1.82, 2.24) is 30.0 Å². The lowest BCUT2D eigenvalue weighted by molar-refractivity contribution is -0.137. The van der Waals surface area contributed by atoms with Crippen molar-refractivity contribution in [2.24, 2.45) is 5.41 Å². The number of nitrogens with one attached hydrogen (secondary N) is 2. The first-order valence-electron chi connectivity index (χ1n) is 12.6. The SMILES string of the molecule is Cc1noc(C)c1-c1ccc2c(-c3nc(NC4CCC5(CCN(C(=O)O)C5)C4)ncc3C(F)(F)F)c[nH]c2n1. The van der Waals surface area contributed by atoms with E-state index >= 15 is 0 Å². The molecule has 0 aromatic carbocycles. The molecule has 5 heterocycles. The van der Waals surface area contributed by atoms with E-state index in [4.69, 9.17) is 4.52 Å². The van der Waals surface area contributed by atoms with Gasteiger partial charge in [-0.25, -0.2) is 19.7 Å². The van der Waals surface area contributed by atoms with E-state index in [1.165, 1.54) is 11.1 Å². The Labute approximate surface area is 220 Å². The normalized spacial score (nSPS) is 21.4. The van der Waals surface area contributed by atoms with E-state index in [2.05, 4.69) is 30.4 Å². The van der Waals surface area contributed by atoms with Crippen LogP contribution in [0.25, 0.3) is 33.5 Å². The van der Waals surface area contributed by atoms with Crippen molar-refractivity contribution in [3.8, 4) is 22.5 Å². The van der Waals surface area contributed by atoms with Crippen LogP contribution in [-0.4, -0.2) is 60.3 Å². The highest BCUT2D eigenvalue weighted by molar-refractivity contribution is 5.94. The lowest BCUT2D eigenvalue weighted by Gasteiger charge is -2.23. The summed E-state index contributed by atoms with van der Waals surface area (Å²) in [6, 6.07) is 3.37. The number of pyridine rings is 1. The topological polar surface area (TPSA) is 133 Å². The van der Waals surface area contributed by atoms with Crippen LogP contribution >= 0.6 is 0 Å². The minimum atomic E-state index is -4.66. The number of aromatic amines is 1. The fourth-order valence-corrected chi connectivity index (χ4v) is 6.03. The number of aryl methyl sites for hydroxylation is 2. The van der Waals surface area contributed by atoms with Crippen molar-refractivity contribution in [2.45, 2.75) is 51.7 Å².